The maximum absolute atomic E-state index is 10.3. The van der Waals surface area contributed by atoms with E-state index in [9.17, 15) is 15.3 Å². The van der Waals surface area contributed by atoms with E-state index in [1.165, 1.54) is 5.56 Å². The highest BCUT2D eigenvalue weighted by atomic mass is 16.5. The molecule has 0 radical (unpaired) electrons. The SMILES string of the molecule is Cc1ccc(COC[C@@H]2[C@@H](O)[C@@H](O)[C@H]3[C@H](O)CCCN32)cc1. The van der Waals surface area contributed by atoms with Crippen molar-refractivity contribution < 1.29 is 20.1 Å². The minimum atomic E-state index is -0.900. The minimum absolute atomic E-state index is 0.250. The Bertz CT molecular complexity index is 492. The van der Waals surface area contributed by atoms with E-state index >= 15 is 0 Å². The van der Waals surface area contributed by atoms with Gasteiger partial charge >= 0.3 is 0 Å². The Morgan fingerprint density at radius 2 is 1.86 bits per heavy atom. The Labute approximate surface area is 131 Å². The van der Waals surface area contributed by atoms with Crippen LogP contribution in [0.5, 0.6) is 0 Å². The van der Waals surface area contributed by atoms with Gasteiger partial charge in [0, 0.05) is 0 Å². The van der Waals surface area contributed by atoms with Crippen molar-refractivity contribution >= 4 is 0 Å². The molecule has 5 heteroatoms. The lowest BCUT2D eigenvalue weighted by atomic mass is 9.97. The third-order valence-corrected chi connectivity index (χ3v) is 4.89. The number of fused-ring (bicyclic) bond motifs is 1. The number of rotatable bonds is 4. The second-order valence-corrected chi connectivity index (χ2v) is 6.49. The number of hydrogen-bond donors (Lipinski definition) is 3. The second kappa shape index (κ2) is 6.64. The number of piperidine rings is 1. The van der Waals surface area contributed by atoms with Gasteiger partial charge in [-0.2, -0.15) is 0 Å². The van der Waals surface area contributed by atoms with Crippen LogP contribution >= 0.6 is 0 Å². The van der Waals surface area contributed by atoms with Gasteiger partial charge in [0.1, 0.15) is 0 Å². The van der Waals surface area contributed by atoms with Gasteiger partial charge in [0.15, 0.2) is 0 Å². The summed E-state index contributed by atoms with van der Waals surface area (Å²) in [7, 11) is 0. The number of hydrogen-bond acceptors (Lipinski definition) is 5. The molecule has 3 rings (SSSR count). The van der Waals surface area contributed by atoms with Crippen molar-refractivity contribution in [2.45, 2.75) is 56.8 Å². The first-order valence-corrected chi connectivity index (χ1v) is 8.01. The van der Waals surface area contributed by atoms with Crippen LogP contribution in [-0.4, -0.2) is 63.8 Å². The van der Waals surface area contributed by atoms with Gasteiger partial charge in [0.25, 0.3) is 0 Å². The van der Waals surface area contributed by atoms with E-state index in [0.29, 0.717) is 19.6 Å². The van der Waals surface area contributed by atoms with Crippen LogP contribution in [-0.2, 0) is 11.3 Å². The Morgan fingerprint density at radius 1 is 1.14 bits per heavy atom. The lowest BCUT2D eigenvalue weighted by Gasteiger charge is -2.37. The molecule has 2 heterocycles. The third kappa shape index (κ3) is 3.05. The highest BCUT2D eigenvalue weighted by molar-refractivity contribution is 5.20. The summed E-state index contributed by atoms with van der Waals surface area (Å²) in [5, 5.41) is 30.5. The second-order valence-electron chi connectivity index (χ2n) is 6.49. The fraction of sp³-hybridized carbons (Fsp3) is 0.647. The van der Waals surface area contributed by atoms with Crippen molar-refractivity contribution in [3.63, 3.8) is 0 Å². The van der Waals surface area contributed by atoms with Crippen LogP contribution in [0.25, 0.3) is 0 Å². The van der Waals surface area contributed by atoms with Gasteiger partial charge in [-0.15, -0.1) is 0 Å². The van der Waals surface area contributed by atoms with Gasteiger partial charge in [-0.25, -0.2) is 0 Å². The molecular weight excluding hydrogens is 282 g/mol. The molecule has 0 unspecified atom stereocenters. The monoisotopic (exact) mass is 307 g/mol. The molecule has 0 spiro atoms. The Kier molecular flexibility index (Phi) is 4.80. The van der Waals surface area contributed by atoms with Crippen molar-refractivity contribution in [2.24, 2.45) is 0 Å². The van der Waals surface area contributed by atoms with Crippen LogP contribution in [0.3, 0.4) is 0 Å². The molecule has 1 aromatic carbocycles. The lowest BCUT2D eigenvalue weighted by molar-refractivity contribution is -0.0322. The van der Waals surface area contributed by atoms with E-state index in [-0.39, 0.29) is 12.1 Å². The van der Waals surface area contributed by atoms with Gasteiger partial charge < -0.3 is 20.1 Å². The molecule has 0 aromatic heterocycles. The summed E-state index contributed by atoms with van der Waals surface area (Å²) in [6.45, 7) is 3.67. The lowest BCUT2D eigenvalue weighted by Crippen LogP contribution is -2.51. The van der Waals surface area contributed by atoms with E-state index in [2.05, 4.69) is 0 Å². The van der Waals surface area contributed by atoms with Crippen molar-refractivity contribution in [3.8, 4) is 0 Å². The number of aliphatic hydroxyl groups excluding tert-OH is 3. The summed E-state index contributed by atoms with van der Waals surface area (Å²) in [5.41, 5.74) is 2.30. The largest absolute Gasteiger partial charge is 0.391 e. The molecule has 5 nitrogen and oxygen atoms in total. The van der Waals surface area contributed by atoms with E-state index in [1.54, 1.807) is 0 Å². The molecule has 0 bridgehead atoms. The van der Waals surface area contributed by atoms with E-state index in [1.807, 2.05) is 36.1 Å². The van der Waals surface area contributed by atoms with Crippen LogP contribution in [0, 0.1) is 6.92 Å². The van der Waals surface area contributed by atoms with Gasteiger partial charge in [-0.05, 0) is 31.9 Å². The minimum Gasteiger partial charge on any atom is -0.391 e. The molecule has 2 aliphatic rings. The van der Waals surface area contributed by atoms with E-state index < -0.39 is 18.3 Å². The van der Waals surface area contributed by atoms with Crippen molar-refractivity contribution in [1.82, 2.24) is 4.90 Å². The summed E-state index contributed by atoms with van der Waals surface area (Å²) in [5.74, 6) is 0. The topological polar surface area (TPSA) is 73.2 Å². The highest BCUT2D eigenvalue weighted by Gasteiger charge is 2.51. The zero-order chi connectivity index (χ0) is 15.7. The zero-order valence-corrected chi connectivity index (χ0v) is 12.9. The van der Waals surface area contributed by atoms with E-state index in [4.69, 9.17) is 4.74 Å². The quantitative estimate of drug-likeness (QED) is 0.753. The Hall–Kier alpha value is -0.980. The zero-order valence-electron chi connectivity index (χ0n) is 12.9. The number of aliphatic hydroxyl groups is 3. The number of aryl methyl sites for hydroxylation is 1. The summed E-state index contributed by atoms with van der Waals surface area (Å²) < 4.78 is 5.75. The smallest absolute Gasteiger partial charge is 0.0995 e. The van der Waals surface area contributed by atoms with Crippen molar-refractivity contribution in [1.29, 1.82) is 0 Å². The third-order valence-electron chi connectivity index (χ3n) is 4.89. The molecule has 2 fully saturated rings. The molecule has 0 aliphatic carbocycles. The Balaban J connectivity index is 1.58. The summed E-state index contributed by atoms with van der Waals surface area (Å²) in [6.07, 6.45) is -0.771. The van der Waals surface area contributed by atoms with Gasteiger partial charge in [0.2, 0.25) is 0 Å². The number of ether oxygens (including phenoxy) is 1. The predicted molar refractivity (Wildman–Crippen MR) is 82.4 cm³/mol. The summed E-state index contributed by atoms with van der Waals surface area (Å²) in [6, 6.07) is 7.54. The average molecular weight is 307 g/mol. The normalized spacial score (nSPS) is 35.5. The summed E-state index contributed by atoms with van der Waals surface area (Å²) >= 11 is 0. The van der Waals surface area contributed by atoms with Gasteiger partial charge in [-0.1, -0.05) is 29.8 Å². The first-order chi connectivity index (χ1) is 10.6. The maximum Gasteiger partial charge on any atom is 0.0995 e. The molecule has 0 amide bonds. The standard InChI is InChI=1S/C17H25NO4/c1-11-4-6-12(7-5-11)9-22-10-13-16(20)17(21)15-14(19)3-2-8-18(13)15/h4-7,13-17,19-21H,2-3,8-10H2,1H3/t13-,14-,15-,16-,17+/m1/s1. The molecule has 2 aliphatic heterocycles. The van der Waals surface area contributed by atoms with E-state index in [0.717, 1.165) is 18.5 Å². The molecule has 3 N–H and O–H groups in total. The molecule has 2 saturated heterocycles. The van der Waals surface area contributed by atoms with Crippen molar-refractivity contribution in [3.05, 3.63) is 35.4 Å². The highest BCUT2D eigenvalue weighted by Crippen LogP contribution is 2.32. The molecular formula is C17H25NO4. The van der Waals surface area contributed by atoms with Crippen LogP contribution < -0.4 is 0 Å². The Morgan fingerprint density at radius 3 is 2.59 bits per heavy atom. The fourth-order valence-corrected chi connectivity index (χ4v) is 3.64. The first-order valence-electron chi connectivity index (χ1n) is 8.01. The number of nitrogens with zero attached hydrogens (tertiary/aromatic N) is 1. The van der Waals surface area contributed by atoms with Crippen LogP contribution in [0.2, 0.25) is 0 Å². The summed E-state index contributed by atoms with van der Waals surface area (Å²) in [4.78, 5) is 2.01. The molecule has 0 saturated carbocycles. The maximum atomic E-state index is 10.3. The van der Waals surface area contributed by atoms with Gasteiger partial charge in [0.05, 0.1) is 43.6 Å². The average Bonchev–Trinajstić information content (AvgIpc) is 2.75. The molecule has 22 heavy (non-hydrogen) atoms. The van der Waals surface area contributed by atoms with Crippen LogP contribution in [0.15, 0.2) is 24.3 Å². The molecule has 122 valence electrons. The van der Waals surface area contributed by atoms with Crippen LogP contribution in [0.4, 0.5) is 0 Å². The van der Waals surface area contributed by atoms with Gasteiger partial charge in [-0.3, -0.25) is 4.90 Å². The molecule has 5 atom stereocenters. The first kappa shape index (κ1) is 15.9. The molecule has 1 aromatic rings. The van der Waals surface area contributed by atoms with Crippen molar-refractivity contribution in [2.75, 3.05) is 13.2 Å². The van der Waals surface area contributed by atoms with Crippen LogP contribution in [0.1, 0.15) is 24.0 Å². The number of benzene rings is 1. The predicted octanol–water partition coefficient (Wildman–Crippen LogP) is 0.441. The fourth-order valence-electron chi connectivity index (χ4n) is 3.64.